The Hall–Kier alpha value is -1.84. The molecule has 154 valence electrons. The first-order valence-corrected chi connectivity index (χ1v) is 9.85. The number of hydrogen-bond donors (Lipinski definition) is 0. The Morgan fingerprint density at radius 2 is 1.63 bits per heavy atom. The molecule has 1 nitrogen and oxygen atoms in total. The van der Waals surface area contributed by atoms with Gasteiger partial charge in [0.1, 0.15) is 11.6 Å². The van der Waals surface area contributed by atoms with Crippen LogP contribution in [0.2, 0.25) is 0 Å². The number of rotatable bonds is 5. The van der Waals surface area contributed by atoms with Crippen molar-refractivity contribution in [2.24, 2.45) is 5.92 Å². The number of nitrogens with zero attached hydrogens (tertiary/aromatic N) is 1. The highest BCUT2D eigenvalue weighted by Crippen LogP contribution is 2.42. The zero-order valence-corrected chi connectivity index (χ0v) is 18.1. The number of hydrogen-bond acceptors (Lipinski definition) is 1. The van der Waals surface area contributed by atoms with Gasteiger partial charge in [-0.25, -0.2) is 8.78 Å². The van der Waals surface area contributed by atoms with Crippen LogP contribution in [0.1, 0.15) is 73.8 Å². The van der Waals surface area contributed by atoms with Gasteiger partial charge in [0, 0.05) is 17.8 Å². The Morgan fingerprint density at radius 3 is 2.07 bits per heavy atom. The fourth-order valence-corrected chi connectivity index (χ4v) is 3.05. The molecule has 0 N–H and O–H groups in total. The Labute approximate surface area is 163 Å². The van der Waals surface area contributed by atoms with Gasteiger partial charge in [0.2, 0.25) is 0 Å². The fraction of sp³-hybridized carbons (Fsp3) is 0.522. The number of pyridine rings is 1. The molecule has 0 saturated carbocycles. The molecule has 1 unspecified atom stereocenters. The van der Waals surface area contributed by atoms with E-state index in [4.69, 9.17) is 0 Å². The van der Waals surface area contributed by atoms with Gasteiger partial charge >= 0.3 is 0 Å². The number of halogens is 3. The predicted octanol–water partition coefficient (Wildman–Crippen LogP) is 7.95. The van der Waals surface area contributed by atoms with Gasteiger partial charge in [-0.05, 0) is 41.5 Å². The standard InChI is InChI=1S/C19H23F2N.2C2H6.FH/c1-5-13(3)19(4,6-2)15-11-14(20)12-16(21)18(15)17-9-7-8-10-22-17;2*1-2;/h7-13H,5-6H2,1-4H3;2*1-2H3;1H/t13-,19?;;;/m0.../s1. The molecule has 2 aromatic rings. The summed E-state index contributed by atoms with van der Waals surface area (Å²) in [5.41, 5.74) is 1.38. The SMILES string of the molecule is CC.CC.CC[C@H](C)C(C)(CC)c1cc(F)cc(F)c1-c1ccccn1.F. The van der Waals surface area contributed by atoms with Gasteiger partial charge in [-0.3, -0.25) is 9.69 Å². The molecule has 1 heterocycles. The van der Waals surface area contributed by atoms with Crippen LogP contribution in [0, 0.1) is 17.6 Å². The Kier molecular flexibility index (Phi) is 13.5. The molecule has 1 aromatic heterocycles. The van der Waals surface area contributed by atoms with E-state index >= 15 is 0 Å². The maximum Gasteiger partial charge on any atom is 0.135 e. The van der Waals surface area contributed by atoms with Crippen molar-refractivity contribution < 1.29 is 13.5 Å². The highest BCUT2D eigenvalue weighted by molar-refractivity contribution is 5.66. The third kappa shape index (κ3) is 6.37. The maximum absolute atomic E-state index is 14.6. The Morgan fingerprint density at radius 1 is 1.04 bits per heavy atom. The molecule has 0 aliphatic heterocycles. The van der Waals surface area contributed by atoms with Crippen LogP contribution in [-0.2, 0) is 5.41 Å². The summed E-state index contributed by atoms with van der Waals surface area (Å²) in [4.78, 5) is 4.27. The van der Waals surface area contributed by atoms with Gasteiger partial charge in [-0.15, -0.1) is 0 Å². The minimum absolute atomic E-state index is 0. The lowest BCUT2D eigenvalue weighted by atomic mass is 9.68. The topological polar surface area (TPSA) is 12.9 Å². The summed E-state index contributed by atoms with van der Waals surface area (Å²) < 4.78 is 28.4. The molecule has 0 amide bonds. The molecule has 0 bridgehead atoms. The van der Waals surface area contributed by atoms with Gasteiger partial charge in [-0.1, -0.05) is 67.9 Å². The minimum Gasteiger partial charge on any atom is -0.269 e. The number of aromatic nitrogens is 1. The first-order chi connectivity index (χ1) is 12.4. The summed E-state index contributed by atoms with van der Waals surface area (Å²) in [6.07, 6.45) is 3.39. The molecule has 2 atom stereocenters. The lowest BCUT2D eigenvalue weighted by molar-refractivity contribution is 0.294. The fourth-order valence-electron chi connectivity index (χ4n) is 3.05. The average molecular weight is 384 g/mol. The van der Waals surface area contributed by atoms with Crippen molar-refractivity contribution in [2.45, 2.75) is 73.6 Å². The average Bonchev–Trinajstić information content (AvgIpc) is 2.69. The molecular formula is C23H36F3N. The van der Waals surface area contributed by atoms with Crippen LogP contribution in [0.5, 0.6) is 0 Å². The van der Waals surface area contributed by atoms with E-state index in [2.05, 4.69) is 32.7 Å². The third-order valence-corrected chi connectivity index (χ3v) is 5.03. The molecular weight excluding hydrogens is 347 g/mol. The Balaban J connectivity index is 0. The van der Waals surface area contributed by atoms with E-state index in [1.165, 1.54) is 6.07 Å². The monoisotopic (exact) mass is 383 g/mol. The maximum atomic E-state index is 14.6. The van der Waals surface area contributed by atoms with Gasteiger partial charge in [0.15, 0.2) is 0 Å². The molecule has 4 heteroatoms. The van der Waals surface area contributed by atoms with E-state index in [9.17, 15) is 8.78 Å². The lowest BCUT2D eigenvalue weighted by Gasteiger charge is -2.36. The van der Waals surface area contributed by atoms with Gasteiger partial charge in [0.05, 0.1) is 5.69 Å². The lowest BCUT2D eigenvalue weighted by Crippen LogP contribution is -2.30. The smallest absolute Gasteiger partial charge is 0.135 e. The largest absolute Gasteiger partial charge is 0.269 e. The third-order valence-electron chi connectivity index (χ3n) is 5.03. The van der Waals surface area contributed by atoms with Crippen LogP contribution in [-0.4, -0.2) is 4.98 Å². The number of benzene rings is 1. The molecule has 27 heavy (non-hydrogen) atoms. The van der Waals surface area contributed by atoms with E-state index < -0.39 is 11.6 Å². The van der Waals surface area contributed by atoms with E-state index in [0.29, 0.717) is 22.7 Å². The highest BCUT2D eigenvalue weighted by Gasteiger charge is 2.34. The van der Waals surface area contributed by atoms with Crippen molar-refractivity contribution in [1.82, 2.24) is 4.98 Å². The summed E-state index contributed by atoms with van der Waals surface area (Å²) in [6, 6.07) is 7.80. The van der Waals surface area contributed by atoms with Crippen molar-refractivity contribution in [2.75, 3.05) is 0 Å². The summed E-state index contributed by atoms with van der Waals surface area (Å²) in [7, 11) is 0. The highest BCUT2D eigenvalue weighted by atomic mass is 19.1. The van der Waals surface area contributed by atoms with Crippen LogP contribution in [0.3, 0.4) is 0 Å². The molecule has 0 saturated heterocycles. The van der Waals surface area contributed by atoms with Crippen LogP contribution in [0.15, 0.2) is 36.5 Å². The zero-order chi connectivity index (χ0) is 20.3. The Bertz CT molecular complexity index is 644. The summed E-state index contributed by atoms with van der Waals surface area (Å²) >= 11 is 0. The van der Waals surface area contributed by atoms with Crippen LogP contribution in [0.25, 0.3) is 11.3 Å². The molecule has 2 rings (SSSR count). The molecule has 0 fully saturated rings. The van der Waals surface area contributed by atoms with E-state index in [1.54, 1.807) is 18.3 Å². The van der Waals surface area contributed by atoms with Crippen LogP contribution in [0.4, 0.5) is 13.5 Å². The minimum atomic E-state index is -0.545. The zero-order valence-electron chi connectivity index (χ0n) is 18.1. The van der Waals surface area contributed by atoms with Gasteiger partial charge in [-0.2, -0.15) is 0 Å². The second kappa shape index (κ2) is 13.3. The second-order valence-electron chi connectivity index (χ2n) is 6.11. The first kappa shape index (κ1) is 27.4. The molecule has 1 aromatic carbocycles. The van der Waals surface area contributed by atoms with Gasteiger partial charge in [0.25, 0.3) is 0 Å². The van der Waals surface area contributed by atoms with Crippen LogP contribution < -0.4 is 0 Å². The van der Waals surface area contributed by atoms with Crippen molar-refractivity contribution in [3.05, 3.63) is 53.7 Å². The quantitative estimate of drug-likeness (QED) is 0.510. The van der Waals surface area contributed by atoms with Crippen molar-refractivity contribution in [3.8, 4) is 11.3 Å². The van der Waals surface area contributed by atoms with E-state index in [0.717, 1.165) is 18.9 Å². The molecule has 0 aliphatic rings. The second-order valence-corrected chi connectivity index (χ2v) is 6.11. The summed E-state index contributed by atoms with van der Waals surface area (Å²) in [5, 5.41) is 0. The molecule has 0 aliphatic carbocycles. The summed E-state index contributed by atoms with van der Waals surface area (Å²) in [6.45, 7) is 16.4. The first-order valence-electron chi connectivity index (χ1n) is 9.85. The molecule has 0 spiro atoms. The predicted molar refractivity (Wildman–Crippen MR) is 112 cm³/mol. The van der Waals surface area contributed by atoms with E-state index in [-0.39, 0.29) is 10.1 Å². The van der Waals surface area contributed by atoms with E-state index in [1.807, 2.05) is 33.8 Å². The van der Waals surface area contributed by atoms with Crippen molar-refractivity contribution in [3.63, 3.8) is 0 Å². The van der Waals surface area contributed by atoms with Crippen molar-refractivity contribution >= 4 is 0 Å². The normalized spacial score (nSPS) is 13.0. The van der Waals surface area contributed by atoms with Gasteiger partial charge < -0.3 is 0 Å². The van der Waals surface area contributed by atoms with Crippen molar-refractivity contribution in [1.29, 1.82) is 0 Å². The van der Waals surface area contributed by atoms with Crippen LogP contribution >= 0.6 is 0 Å². The summed E-state index contributed by atoms with van der Waals surface area (Å²) in [5.74, 6) is -0.770. The molecule has 0 radical (unpaired) electrons.